The monoisotopic (exact) mass is 506 g/mol. The van der Waals surface area contributed by atoms with Crippen LogP contribution < -0.4 is 10.6 Å². The van der Waals surface area contributed by atoms with Crippen LogP contribution in [0.5, 0.6) is 0 Å². The first-order valence-electron chi connectivity index (χ1n) is 9.37. The second-order valence-corrected chi connectivity index (χ2v) is 6.46. The van der Waals surface area contributed by atoms with Gasteiger partial charge in [0.2, 0.25) is 0 Å². The predicted molar refractivity (Wildman–Crippen MR) is 128 cm³/mol. The van der Waals surface area contributed by atoms with Crippen molar-refractivity contribution in [2.45, 2.75) is 19.5 Å². The zero-order valence-electron chi connectivity index (χ0n) is 16.7. The number of carbonyl (C=O) groups is 1. The molecule has 0 atom stereocenters. The zero-order valence-corrected chi connectivity index (χ0v) is 19.1. The summed E-state index contributed by atoms with van der Waals surface area (Å²) in [6, 6.07) is 17.9. The Labute approximate surface area is 188 Å². The Bertz CT molecular complexity index is 951. The molecule has 0 saturated heterocycles. The van der Waals surface area contributed by atoms with Crippen molar-refractivity contribution in [1.29, 1.82) is 0 Å². The van der Waals surface area contributed by atoms with Crippen LogP contribution in [0, 0.1) is 0 Å². The summed E-state index contributed by atoms with van der Waals surface area (Å²) in [4.78, 5) is 15.7. The van der Waals surface area contributed by atoms with Gasteiger partial charge in [-0.15, -0.1) is 24.0 Å². The largest absolute Gasteiger partial charge is 0.465 e. The molecule has 7 heteroatoms. The SMILES string of the molecule is CN=C(NCCCn1ccc2ccccc21)NCc1ccc(C(=O)OC)cc1.I. The number of para-hydroxylation sites is 1. The van der Waals surface area contributed by atoms with Crippen molar-refractivity contribution < 1.29 is 9.53 Å². The molecule has 0 bridgehead atoms. The third kappa shape index (κ3) is 6.22. The van der Waals surface area contributed by atoms with Crippen molar-refractivity contribution in [2.75, 3.05) is 20.7 Å². The number of benzene rings is 2. The minimum Gasteiger partial charge on any atom is -0.465 e. The molecule has 0 radical (unpaired) electrons. The van der Waals surface area contributed by atoms with Gasteiger partial charge < -0.3 is 19.9 Å². The Morgan fingerprint density at radius 1 is 1.07 bits per heavy atom. The van der Waals surface area contributed by atoms with Crippen LogP contribution in [0.15, 0.2) is 65.8 Å². The summed E-state index contributed by atoms with van der Waals surface area (Å²) < 4.78 is 6.99. The van der Waals surface area contributed by atoms with E-state index < -0.39 is 0 Å². The normalized spacial score (nSPS) is 11.0. The zero-order chi connectivity index (χ0) is 19.8. The van der Waals surface area contributed by atoms with E-state index in [2.05, 4.69) is 56.7 Å². The van der Waals surface area contributed by atoms with Crippen LogP contribution >= 0.6 is 24.0 Å². The topological polar surface area (TPSA) is 67.7 Å². The fraction of sp³-hybridized carbons (Fsp3) is 0.273. The van der Waals surface area contributed by atoms with Gasteiger partial charge in [0, 0.05) is 38.4 Å². The highest BCUT2D eigenvalue weighted by molar-refractivity contribution is 14.0. The smallest absolute Gasteiger partial charge is 0.337 e. The van der Waals surface area contributed by atoms with Crippen molar-refractivity contribution in [1.82, 2.24) is 15.2 Å². The van der Waals surface area contributed by atoms with Crippen LogP contribution in [0.3, 0.4) is 0 Å². The highest BCUT2D eigenvalue weighted by atomic mass is 127. The minimum absolute atomic E-state index is 0. The number of fused-ring (bicyclic) bond motifs is 1. The molecule has 3 rings (SSSR count). The maximum atomic E-state index is 11.5. The summed E-state index contributed by atoms with van der Waals surface area (Å²) in [6.07, 6.45) is 3.13. The number of rotatable bonds is 7. The molecule has 0 fully saturated rings. The number of hydrogen-bond acceptors (Lipinski definition) is 3. The number of esters is 1. The average Bonchev–Trinajstić information content (AvgIpc) is 3.16. The van der Waals surface area contributed by atoms with E-state index >= 15 is 0 Å². The lowest BCUT2D eigenvalue weighted by Crippen LogP contribution is -2.37. The number of carbonyl (C=O) groups excluding carboxylic acids is 1. The molecular weight excluding hydrogens is 479 g/mol. The van der Waals surface area contributed by atoms with E-state index in [9.17, 15) is 4.79 Å². The van der Waals surface area contributed by atoms with Crippen LogP contribution in [0.2, 0.25) is 0 Å². The first-order chi connectivity index (χ1) is 13.7. The van der Waals surface area contributed by atoms with Crippen molar-refractivity contribution in [3.8, 4) is 0 Å². The highest BCUT2D eigenvalue weighted by Gasteiger charge is 2.05. The summed E-state index contributed by atoms with van der Waals surface area (Å²) >= 11 is 0. The molecule has 0 aliphatic carbocycles. The van der Waals surface area contributed by atoms with Crippen molar-refractivity contribution in [2.24, 2.45) is 4.99 Å². The fourth-order valence-corrected chi connectivity index (χ4v) is 3.07. The predicted octanol–water partition coefficient (Wildman–Crippen LogP) is 3.80. The average molecular weight is 506 g/mol. The summed E-state index contributed by atoms with van der Waals surface area (Å²) in [5.41, 5.74) is 2.88. The van der Waals surface area contributed by atoms with Crippen molar-refractivity contribution in [3.63, 3.8) is 0 Å². The molecule has 0 aliphatic rings. The van der Waals surface area contributed by atoms with Gasteiger partial charge in [0.05, 0.1) is 12.7 Å². The third-order valence-electron chi connectivity index (χ3n) is 4.61. The molecular formula is C22H27IN4O2. The Morgan fingerprint density at radius 3 is 2.55 bits per heavy atom. The highest BCUT2D eigenvalue weighted by Crippen LogP contribution is 2.15. The lowest BCUT2D eigenvalue weighted by molar-refractivity contribution is 0.0600. The third-order valence-corrected chi connectivity index (χ3v) is 4.61. The molecule has 0 spiro atoms. The van der Waals surface area contributed by atoms with Gasteiger partial charge >= 0.3 is 5.97 Å². The second-order valence-electron chi connectivity index (χ2n) is 6.46. The van der Waals surface area contributed by atoms with Crippen LogP contribution in [0.4, 0.5) is 0 Å². The Hall–Kier alpha value is -2.55. The van der Waals surface area contributed by atoms with Crippen LogP contribution in [-0.2, 0) is 17.8 Å². The number of aryl methyl sites for hydroxylation is 1. The molecule has 154 valence electrons. The summed E-state index contributed by atoms with van der Waals surface area (Å²) in [5.74, 6) is 0.432. The van der Waals surface area contributed by atoms with Crippen LogP contribution in [0.25, 0.3) is 10.9 Å². The standard InChI is InChI=1S/C22H26N4O2.HI/c1-23-22(25-16-17-8-10-19(11-9-17)21(27)28-2)24-13-5-14-26-15-12-18-6-3-4-7-20(18)26;/h3-4,6-12,15H,5,13-14,16H2,1-2H3,(H2,23,24,25);1H. The first kappa shape index (κ1) is 22.7. The maximum absolute atomic E-state index is 11.5. The second kappa shape index (κ2) is 11.5. The number of nitrogens with zero attached hydrogens (tertiary/aromatic N) is 2. The van der Waals surface area contributed by atoms with Crippen molar-refractivity contribution in [3.05, 3.63) is 71.9 Å². The molecule has 29 heavy (non-hydrogen) atoms. The van der Waals surface area contributed by atoms with E-state index in [1.807, 2.05) is 12.1 Å². The quantitative estimate of drug-likeness (QED) is 0.168. The Balaban J connectivity index is 0.00000300. The molecule has 1 aromatic heterocycles. The summed E-state index contributed by atoms with van der Waals surface area (Å²) in [7, 11) is 3.14. The van der Waals surface area contributed by atoms with Gasteiger partial charge in [0.15, 0.2) is 5.96 Å². The van der Waals surface area contributed by atoms with Gasteiger partial charge in [-0.05, 0) is 41.6 Å². The van der Waals surface area contributed by atoms with Gasteiger partial charge in [-0.2, -0.15) is 0 Å². The van der Waals surface area contributed by atoms with E-state index in [0.717, 1.165) is 31.0 Å². The molecule has 6 nitrogen and oxygen atoms in total. The number of halogens is 1. The number of nitrogens with one attached hydrogen (secondary N) is 2. The molecule has 0 saturated carbocycles. The maximum Gasteiger partial charge on any atom is 0.337 e. The van der Waals surface area contributed by atoms with E-state index in [1.54, 1.807) is 19.2 Å². The van der Waals surface area contributed by atoms with Crippen LogP contribution in [-0.4, -0.2) is 37.2 Å². The molecule has 2 N–H and O–H groups in total. The van der Waals surface area contributed by atoms with Gasteiger partial charge in [-0.3, -0.25) is 4.99 Å². The molecule has 3 aromatic rings. The minimum atomic E-state index is -0.326. The molecule has 1 heterocycles. The number of methoxy groups -OCH3 is 1. The molecule has 2 aromatic carbocycles. The fourth-order valence-electron chi connectivity index (χ4n) is 3.07. The van der Waals surface area contributed by atoms with Gasteiger partial charge in [-0.1, -0.05) is 30.3 Å². The van der Waals surface area contributed by atoms with E-state index in [1.165, 1.54) is 18.0 Å². The van der Waals surface area contributed by atoms with Crippen molar-refractivity contribution >= 4 is 46.8 Å². The van der Waals surface area contributed by atoms with E-state index in [0.29, 0.717) is 12.1 Å². The van der Waals surface area contributed by atoms with Crippen LogP contribution in [0.1, 0.15) is 22.3 Å². The first-order valence-corrected chi connectivity index (χ1v) is 9.37. The number of guanidine groups is 1. The lowest BCUT2D eigenvalue weighted by atomic mass is 10.1. The molecule has 0 aliphatic heterocycles. The van der Waals surface area contributed by atoms with E-state index in [-0.39, 0.29) is 29.9 Å². The number of aliphatic imine (C=N–C) groups is 1. The Morgan fingerprint density at radius 2 is 1.83 bits per heavy atom. The van der Waals surface area contributed by atoms with E-state index in [4.69, 9.17) is 4.74 Å². The summed E-state index contributed by atoms with van der Waals surface area (Å²) in [6.45, 7) is 2.41. The van der Waals surface area contributed by atoms with Gasteiger partial charge in [-0.25, -0.2) is 4.79 Å². The molecule has 0 unspecified atom stereocenters. The number of hydrogen-bond donors (Lipinski definition) is 2. The molecule has 0 amide bonds. The number of ether oxygens (including phenoxy) is 1. The van der Waals surface area contributed by atoms with Gasteiger partial charge in [0.1, 0.15) is 0 Å². The number of aromatic nitrogens is 1. The lowest BCUT2D eigenvalue weighted by Gasteiger charge is -2.12. The summed E-state index contributed by atoms with van der Waals surface area (Å²) in [5, 5.41) is 7.90. The van der Waals surface area contributed by atoms with Gasteiger partial charge in [0.25, 0.3) is 0 Å². The Kier molecular flexibility index (Phi) is 8.98.